The number of hydrogen-bond acceptors (Lipinski definition) is 9. The van der Waals surface area contributed by atoms with E-state index in [0.29, 0.717) is 47.0 Å². The second-order valence-electron chi connectivity index (χ2n) is 18.2. The number of aromatic amines is 1. The summed E-state index contributed by atoms with van der Waals surface area (Å²) in [6, 6.07) is 17.0. The second-order valence-corrected chi connectivity index (χ2v) is 19.8. The van der Waals surface area contributed by atoms with Crippen molar-refractivity contribution >= 4 is 56.1 Å². The van der Waals surface area contributed by atoms with Crippen LogP contribution in [0.3, 0.4) is 0 Å². The molecule has 0 spiro atoms. The number of piperidine rings is 3. The summed E-state index contributed by atoms with van der Waals surface area (Å²) in [6.45, 7) is 4.85. The molecule has 0 bridgehead atoms. The number of hydrogen-bond donors (Lipinski definition) is 3. The largest absolute Gasteiger partial charge is 0.372 e. The number of nitrogens with one attached hydrogen (secondary N) is 3. The highest BCUT2D eigenvalue weighted by Crippen LogP contribution is 2.36. The average Bonchev–Trinajstić information content (AvgIpc) is 4.04. The maximum absolute atomic E-state index is 15.8. The summed E-state index contributed by atoms with van der Waals surface area (Å²) < 4.78 is 73.1. The standard InChI is InChI=1S/C48H49F3N8O6S/c49-34-15-20-58(27-34)66(64,65)55-40-8-7-39(50)43(44(40)51)45(61)38-24-53-46-37(38)22-32(23-52-46)29-1-4-35(5-2-29)57-18-11-28(12-19-57)25-56-16-13-30(14-17-56)31-3-6-36-33(21-31)26-59(48(36)63)41-9-10-42(60)54-47(41)62/h1-8,21-24,28,30,34,41,55H,9-20,25-27H2,(H,52,53)(H,54,60,62). The van der Waals surface area contributed by atoms with Crippen LogP contribution in [0.15, 0.2) is 73.1 Å². The summed E-state index contributed by atoms with van der Waals surface area (Å²) >= 11 is 0. The molecule has 0 aliphatic carbocycles. The molecule has 66 heavy (non-hydrogen) atoms. The van der Waals surface area contributed by atoms with E-state index in [9.17, 15) is 32.0 Å². The number of fused-ring (bicyclic) bond motifs is 2. The molecule has 4 saturated heterocycles. The predicted molar refractivity (Wildman–Crippen MR) is 241 cm³/mol. The number of alkyl halides is 1. The van der Waals surface area contributed by atoms with E-state index in [-0.39, 0.29) is 43.3 Å². The number of amides is 3. The van der Waals surface area contributed by atoms with Gasteiger partial charge in [-0.25, -0.2) is 18.2 Å². The van der Waals surface area contributed by atoms with Gasteiger partial charge < -0.3 is 19.7 Å². The van der Waals surface area contributed by atoms with Crippen LogP contribution in [0.5, 0.6) is 0 Å². The number of carbonyl (C=O) groups is 4. The van der Waals surface area contributed by atoms with E-state index < -0.39 is 57.0 Å². The van der Waals surface area contributed by atoms with Crippen molar-refractivity contribution in [2.24, 2.45) is 5.92 Å². The van der Waals surface area contributed by atoms with Gasteiger partial charge in [-0.3, -0.25) is 29.2 Å². The number of rotatable bonds is 11. The monoisotopic (exact) mass is 922 g/mol. The molecule has 10 rings (SSSR count). The Balaban J connectivity index is 0.730. The number of aromatic nitrogens is 2. The van der Waals surface area contributed by atoms with E-state index in [1.54, 1.807) is 17.2 Å². The molecule has 5 aliphatic heterocycles. The van der Waals surface area contributed by atoms with Crippen LogP contribution in [0, 0.1) is 17.6 Å². The maximum atomic E-state index is 15.8. The number of benzene rings is 3. The van der Waals surface area contributed by atoms with Crippen molar-refractivity contribution in [3.05, 3.63) is 113 Å². The fourth-order valence-corrected chi connectivity index (χ4v) is 11.6. The zero-order valence-corrected chi connectivity index (χ0v) is 36.9. The number of pyridine rings is 1. The van der Waals surface area contributed by atoms with Crippen LogP contribution < -0.4 is 14.9 Å². The van der Waals surface area contributed by atoms with Crippen molar-refractivity contribution in [2.75, 3.05) is 55.4 Å². The van der Waals surface area contributed by atoms with Crippen molar-refractivity contribution < 1.29 is 40.8 Å². The number of H-pyrrole nitrogens is 1. The minimum Gasteiger partial charge on any atom is -0.372 e. The lowest BCUT2D eigenvalue weighted by Gasteiger charge is -2.38. The first kappa shape index (κ1) is 43.8. The third-order valence-electron chi connectivity index (χ3n) is 14.1. The summed E-state index contributed by atoms with van der Waals surface area (Å²) in [5.74, 6) is -3.38. The molecule has 2 atom stereocenters. The summed E-state index contributed by atoms with van der Waals surface area (Å²) in [4.78, 5) is 65.0. The molecule has 3 N–H and O–H groups in total. The number of halogens is 3. The van der Waals surface area contributed by atoms with E-state index in [0.717, 1.165) is 91.7 Å². The Morgan fingerprint density at radius 3 is 2.36 bits per heavy atom. The molecule has 0 saturated carbocycles. The van der Waals surface area contributed by atoms with E-state index in [1.165, 1.54) is 11.8 Å². The van der Waals surface area contributed by atoms with Crippen molar-refractivity contribution in [1.82, 2.24) is 29.4 Å². The summed E-state index contributed by atoms with van der Waals surface area (Å²) in [6.07, 6.45) is 6.44. The van der Waals surface area contributed by atoms with Crippen LogP contribution in [0.1, 0.15) is 88.3 Å². The number of carbonyl (C=O) groups excluding carboxylic acids is 4. The van der Waals surface area contributed by atoms with Crippen molar-refractivity contribution in [3.63, 3.8) is 0 Å². The zero-order chi connectivity index (χ0) is 45.9. The molecular weight excluding hydrogens is 874 g/mol. The fourth-order valence-electron chi connectivity index (χ4n) is 10.3. The number of ketones is 1. The molecule has 5 aromatic rings. The van der Waals surface area contributed by atoms with Crippen molar-refractivity contribution in [2.45, 2.75) is 69.6 Å². The normalized spacial score (nSPS) is 21.5. The minimum atomic E-state index is -4.35. The molecule has 3 aromatic carbocycles. The number of nitrogens with zero attached hydrogens (tertiary/aromatic N) is 5. The van der Waals surface area contributed by atoms with Gasteiger partial charge in [-0.2, -0.15) is 12.7 Å². The molecule has 0 radical (unpaired) electrons. The molecular formula is C48H49F3N8O6S. The Morgan fingerprint density at radius 2 is 1.64 bits per heavy atom. The first-order chi connectivity index (χ1) is 31.8. The van der Waals surface area contributed by atoms with Crippen LogP contribution in [0.4, 0.5) is 24.5 Å². The Kier molecular flexibility index (Phi) is 11.7. The topological polar surface area (TPSA) is 168 Å². The van der Waals surface area contributed by atoms with Gasteiger partial charge in [0.05, 0.1) is 11.3 Å². The van der Waals surface area contributed by atoms with Crippen LogP contribution >= 0.6 is 0 Å². The third kappa shape index (κ3) is 8.45. The number of anilines is 2. The summed E-state index contributed by atoms with van der Waals surface area (Å²) in [5, 5.41) is 2.71. The van der Waals surface area contributed by atoms with Gasteiger partial charge in [0, 0.05) is 85.8 Å². The minimum absolute atomic E-state index is 0.00467. The molecule has 5 aliphatic rings. The fraction of sp³-hybridized carbons (Fsp3) is 0.396. The van der Waals surface area contributed by atoms with Crippen LogP contribution in [0.2, 0.25) is 0 Å². The molecule has 344 valence electrons. The smallest absolute Gasteiger partial charge is 0.301 e. The Labute approximate surface area is 379 Å². The Hall–Kier alpha value is -6.11. The molecule has 4 fully saturated rings. The molecule has 2 aromatic heterocycles. The van der Waals surface area contributed by atoms with E-state index >= 15 is 8.78 Å². The second kappa shape index (κ2) is 17.6. The third-order valence-corrected chi connectivity index (χ3v) is 15.6. The molecule has 3 amide bonds. The van der Waals surface area contributed by atoms with Crippen LogP contribution in [-0.4, -0.2) is 114 Å². The van der Waals surface area contributed by atoms with Crippen molar-refractivity contribution in [1.29, 1.82) is 0 Å². The predicted octanol–water partition coefficient (Wildman–Crippen LogP) is 6.30. The van der Waals surface area contributed by atoms with Gasteiger partial charge in [-0.05, 0) is 117 Å². The van der Waals surface area contributed by atoms with Crippen LogP contribution in [-0.2, 0) is 26.3 Å². The molecule has 18 heteroatoms. The Morgan fingerprint density at radius 1 is 0.864 bits per heavy atom. The quantitative estimate of drug-likeness (QED) is 0.102. The van der Waals surface area contributed by atoms with Gasteiger partial charge in [0.2, 0.25) is 17.6 Å². The number of likely N-dealkylation sites (tertiary alicyclic amines) is 1. The van der Waals surface area contributed by atoms with Gasteiger partial charge in [-0.15, -0.1) is 0 Å². The molecule has 7 heterocycles. The van der Waals surface area contributed by atoms with E-state index in [4.69, 9.17) is 0 Å². The first-order valence-corrected chi connectivity index (χ1v) is 24.0. The molecule has 14 nitrogen and oxygen atoms in total. The van der Waals surface area contributed by atoms with E-state index in [2.05, 4.69) is 49.4 Å². The number of imide groups is 1. The highest BCUT2D eigenvalue weighted by molar-refractivity contribution is 7.90. The van der Waals surface area contributed by atoms with Gasteiger partial charge >= 0.3 is 10.2 Å². The first-order valence-electron chi connectivity index (χ1n) is 22.6. The maximum Gasteiger partial charge on any atom is 0.301 e. The molecule has 2 unspecified atom stereocenters. The summed E-state index contributed by atoms with van der Waals surface area (Å²) in [7, 11) is -4.35. The zero-order valence-electron chi connectivity index (χ0n) is 36.1. The van der Waals surface area contributed by atoms with Gasteiger partial charge in [-0.1, -0.05) is 24.3 Å². The lowest BCUT2D eigenvalue weighted by Crippen LogP contribution is -2.52. The average molecular weight is 923 g/mol. The van der Waals surface area contributed by atoms with Crippen molar-refractivity contribution in [3.8, 4) is 11.1 Å². The highest BCUT2D eigenvalue weighted by Gasteiger charge is 2.40. The Bertz CT molecular complexity index is 2860. The highest BCUT2D eigenvalue weighted by atomic mass is 32.2. The van der Waals surface area contributed by atoms with Gasteiger partial charge in [0.25, 0.3) is 5.91 Å². The van der Waals surface area contributed by atoms with E-state index in [1.807, 2.05) is 22.9 Å². The lowest BCUT2D eigenvalue weighted by molar-refractivity contribution is -0.136. The lowest BCUT2D eigenvalue weighted by atomic mass is 9.87. The van der Waals surface area contributed by atoms with Gasteiger partial charge in [0.15, 0.2) is 5.82 Å². The van der Waals surface area contributed by atoms with Crippen LogP contribution in [0.25, 0.3) is 22.2 Å². The van der Waals surface area contributed by atoms with Gasteiger partial charge in [0.1, 0.15) is 23.7 Å². The summed E-state index contributed by atoms with van der Waals surface area (Å²) in [5.41, 5.74) is 4.18. The SMILES string of the molecule is O=C1CCC(N2Cc3cc(C4CCN(CC5CCN(c6ccc(-c7cnc8[nH]cc(C(=O)c9c(F)ccc(NS(=O)(=O)N%10CCC(F)C%10)c9F)c8c7)cc6)CC5)CC4)ccc3C2=O)C(=O)N1.